The van der Waals surface area contributed by atoms with Crippen molar-refractivity contribution in [3.8, 4) is 11.3 Å². The number of amides is 2. The Bertz CT molecular complexity index is 1230. The van der Waals surface area contributed by atoms with Crippen LogP contribution in [-0.4, -0.2) is 22.6 Å². The Morgan fingerprint density at radius 1 is 1.13 bits per heavy atom. The van der Waals surface area contributed by atoms with Gasteiger partial charge in [-0.2, -0.15) is 0 Å². The zero-order chi connectivity index (χ0) is 21.5. The van der Waals surface area contributed by atoms with E-state index in [9.17, 15) is 14.4 Å². The quantitative estimate of drug-likeness (QED) is 0.629. The predicted octanol–water partition coefficient (Wildman–Crippen LogP) is 4.70. The third kappa shape index (κ3) is 3.65. The SMILES string of the molecule is Cc1sc(NC(=O)C2CCC(=O)c3ccccc32)nc1-c1ccc2c(c1)CCC(=O)N2. The standard InChI is InChI=1S/C24H21N3O3S/c1-13-22(15-6-9-19-14(12-15)7-11-21(29)25-19)26-24(31-13)27-23(30)18-8-10-20(28)17-5-3-2-4-16(17)18/h2-6,9,12,18H,7-8,10-11H2,1H3,(H,25,29)(H,26,27,30). The Morgan fingerprint density at radius 3 is 2.84 bits per heavy atom. The van der Waals surface area contributed by atoms with E-state index in [-0.39, 0.29) is 23.5 Å². The van der Waals surface area contributed by atoms with Crippen molar-refractivity contribution >= 4 is 39.8 Å². The van der Waals surface area contributed by atoms with E-state index in [1.807, 2.05) is 37.3 Å². The Labute approximate surface area is 183 Å². The van der Waals surface area contributed by atoms with Gasteiger partial charge in [0.1, 0.15) is 0 Å². The van der Waals surface area contributed by atoms with Gasteiger partial charge in [0.15, 0.2) is 10.9 Å². The summed E-state index contributed by atoms with van der Waals surface area (Å²) < 4.78 is 0. The Hall–Kier alpha value is -3.32. The van der Waals surface area contributed by atoms with Gasteiger partial charge in [-0.05, 0) is 43.0 Å². The molecule has 3 aromatic rings. The number of thiazole rings is 1. The van der Waals surface area contributed by atoms with Gasteiger partial charge in [-0.25, -0.2) is 4.98 Å². The second-order valence-electron chi connectivity index (χ2n) is 7.93. The number of fused-ring (bicyclic) bond motifs is 2. The van der Waals surface area contributed by atoms with Crippen molar-refractivity contribution < 1.29 is 14.4 Å². The summed E-state index contributed by atoms with van der Waals surface area (Å²) in [6.45, 7) is 1.98. The van der Waals surface area contributed by atoms with E-state index in [0.29, 0.717) is 36.4 Å². The van der Waals surface area contributed by atoms with Crippen LogP contribution in [-0.2, 0) is 16.0 Å². The zero-order valence-electron chi connectivity index (χ0n) is 17.0. The summed E-state index contributed by atoms with van der Waals surface area (Å²) in [6, 6.07) is 13.3. The molecule has 2 aliphatic rings. The fourth-order valence-corrected chi connectivity index (χ4v) is 5.17. The van der Waals surface area contributed by atoms with Gasteiger partial charge in [-0.15, -0.1) is 11.3 Å². The molecule has 7 heteroatoms. The molecular weight excluding hydrogens is 410 g/mol. The van der Waals surface area contributed by atoms with Crippen LogP contribution in [0.3, 0.4) is 0 Å². The first-order chi connectivity index (χ1) is 15.0. The molecule has 1 aliphatic carbocycles. The number of benzene rings is 2. The van der Waals surface area contributed by atoms with Crippen LogP contribution in [0.25, 0.3) is 11.3 Å². The molecule has 0 saturated carbocycles. The number of hydrogen-bond acceptors (Lipinski definition) is 5. The summed E-state index contributed by atoms with van der Waals surface area (Å²) in [5, 5.41) is 6.41. The molecule has 31 heavy (non-hydrogen) atoms. The topological polar surface area (TPSA) is 88.2 Å². The van der Waals surface area contributed by atoms with Crippen molar-refractivity contribution in [1.82, 2.24) is 4.98 Å². The lowest BCUT2D eigenvalue weighted by atomic mass is 9.81. The Kier molecular flexibility index (Phi) is 4.90. The summed E-state index contributed by atoms with van der Waals surface area (Å²) >= 11 is 1.44. The number of aromatic nitrogens is 1. The fraction of sp³-hybridized carbons (Fsp3) is 0.250. The van der Waals surface area contributed by atoms with Crippen LogP contribution in [0.15, 0.2) is 42.5 Å². The molecule has 1 aliphatic heterocycles. The minimum atomic E-state index is -0.353. The molecule has 0 bridgehead atoms. The summed E-state index contributed by atoms with van der Waals surface area (Å²) in [4.78, 5) is 42.5. The first kappa shape index (κ1) is 19.6. The fourth-order valence-electron chi connectivity index (χ4n) is 4.33. The van der Waals surface area contributed by atoms with Crippen LogP contribution in [0.4, 0.5) is 10.8 Å². The number of anilines is 2. The number of carbonyl (C=O) groups excluding carboxylic acids is 3. The number of Topliss-reactive ketones (excluding diaryl/α,β-unsaturated/α-hetero) is 1. The molecule has 156 valence electrons. The van der Waals surface area contributed by atoms with E-state index >= 15 is 0 Å². The average molecular weight is 432 g/mol. The highest BCUT2D eigenvalue weighted by Gasteiger charge is 2.30. The van der Waals surface area contributed by atoms with Crippen molar-refractivity contribution in [2.45, 2.75) is 38.5 Å². The number of rotatable bonds is 3. The zero-order valence-corrected chi connectivity index (χ0v) is 17.8. The van der Waals surface area contributed by atoms with Gasteiger partial charge >= 0.3 is 0 Å². The maximum Gasteiger partial charge on any atom is 0.233 e. The number of nitrogens with zero attached hydrogens (tertiary/aromatic N) is 1. The molecule has 1 atom stereocenters. The maximum atomic E-state index is 13.0. The number of aryl methyl sites for hydroxylation is 2. The van der Waals surface area contributed by atoms with Crippen molar-refractivity contribution in [2.24, 2.45) is 0 Å². The molecule has 0 spiro atoms. The van der Waals surface area contributed by atoms with Crippen LogP contribution in [0.5, 0.6) is 0 Å². The molecule has 2 aromatic carbocycles. The molecule has 2 amide bonds. The molecule has 0 saturated heterocycles. The van der Waals surface area contributed by atoms with Crippen molar-refractivity contribution in [3.05, 3.63) is 64.0 Å². The van der Waals surface area contributed by atoms with Crippen LogP contribution in [0, 0.1) is 6.92 Å². The van der Waals surface area contributed by atoms with Gasteiger partial charge in [0.05, 0.1) is 11.6 Å². The molecule has 1 unspecified atom stereocenters. The van der Waals surface area contributed by atoms with Crippen LogP contribution < -0.4 is 10.6 Å². The maximum absolute atomic E-state index is 13.0. The van der Waals surface area contributed by atoms with Gasteiger partial charge in [-0.1, -0.05) is 30.3 Å². The van der Waals surface area contributed by atoms with Crippen molar-refractivity contribution in [3.63, 3.8) is 0 Å². The summed E-state index contributed by atoms with van der Waals surface area (Å²) in [7, 11) is 0. The van der Waals surface area contributed by atoms with E-state index in [2.05, 4.69) is 21.7 Å². The molecule has 5 rings (SSSR count). The lowest BCUT2D eigenvalue weighted by Crippen LogP contribution is -2.26. The highest BCUT2D eigenvalue weighted by Crippen LogP contribution is 2.36. The second-order valence-corrected chi connectivity index (χ2v) is 9.14. The van der Waals surface area contributed by atoms with E-state index < -0.39 is 0 Å². The highest BCUT2D eigenvalue weighted by atomic mass is 32.1. The normalized spacial score (nSPS) is 17.5. The number of hydrogen-bond donors (Lipinski definition) is 2. The molecular formula is C24H21N3O3S. The molecule has 0 fully saturated rings. The van der Waals surface area contributed by atoms with Gasteiger partial charge < -0.3 is 10.6 Å². The summed E-state index contributed by atoms with van der Waals surface area (Å²) in [6.07, 6.45) is 2.08. The molecule has 6 nitrogen and oxygen atoms in total. The lowest BCUT2D eigenvalue weighted by molar-refractivity contribution is -0.118. The minimum Gasteiger partial charge on any atom is -0.326 e. The van der Waals surface area contributed by atoms with E-state index in [1.165, 1.54) is 11.3 Å². The molecule has 2 N–H and O–H groups in total. The monoisotopic (exact) mass is 431 g/mol. The summed E-state index contributed by atoms with van der Waals surface area (Å²) in [5.74, 6) is -0.348. The van der Waals surface area contributed by atoms with Gasteiger partial charge in [-0.3, -0.25) is 14.4 Å². The predicted molar refractivity (Wildman–Crippen MR) is 121 cm³/mol. The van der Waals surface area contributed by atoms with Crippen LogP contribution in [0.1, 0.15) is 51.5 Å². The van der Waals surface area contributed by atoms with E-state index in [4.69, 9.17) is 0 Å². The molecule has 1 aromatic heterocycles. The van der Waals surface area contributed by atoms with Crippen LogP contribution in [0.2, 0.25) is 0 Å². The van der Waals surface area contributed by atoms with Gasteiger partial charge in [0.2, 0.25) is 11.8 Å². The van der Waals surface area contributed by atoms with Crippen molar-refractivity contribution in [2.75, 3.05) is 10.6 Å². The van der Waals surface area contributed by atoms with Crippen LogP contribution >= 0.6 is 11.3 Å². The first-order valence-corrected chi connectivity index (χ1v) is 11.1. The Balaban J connectivity index is 1.38. The van der Waals surface area contributed by atoms with Crippen molar-refractivity contribution in [1.29, 1.82) is 0 Å². The van der Waals surface area contributed by atoms with E-state index in [0.717, 1.165) is 32.9 Å². The lowest BCUT2D eigenvalue weighted by Gasteiger charge is -2.23. The Morgan fingerprint density at radius 2 is 1.97 bits per heavy atom. The number of nitrogens with one attached hydrogen (secondary N) is 2. The molecule has 2 heterocycles. The minimum absolute atomic E-state index is 0.0427. The van der Waals surface area contributed by atoms with E-state index in [1.54, 1.807) is 6.07 Å². The first-order valence-electron chi connectivity index (χ1n) is 10.3. The highest BCUT2D eigenvalue weighted by molar-refractivity contribution is 7.16. The number of ketones is 1. The largest absolute Gasteiger partial charge is 0.326 e. The van der Waals surface area contributed by atoms with Gasteiger partial charge in [0, 0.05) is 34.5 Å². The second kappa shape index (κ2) is 7.74. The summed E-state index contributed by atoms with van der Waals surface area (Å²) in [5.41, 5.74) is 5.19. The molecule has 0 radical (unpaired) electrons. The number of carbonyl (C=O) groups is 3. The third-order valence-electron chi connectivity index (χ3n) is 5.91. The van der Waals surface area contributed by atoms with Gasteiger partial charge in [0.25, 0.3) is 0 Å². The third-order valence-corrected chi connectivity index (χ3v) is 6.80. The average Bonchev–Trinajstić information content (AvgIpc) is 3.13. The smallest absolute Gasteiger partial charge is 0.233 e.